The summed E-state index contributed by atoms with van der Waals surface area (Å²) in [5.41, 5.74) is 3.90. The van der Waals surface area contributed by atoms with Crippen molar-refractivity contribution in [1.29, 1.82) is 0 Å². The molecule has 120 valence electrons. The van der Waals surface area contributed by atoms with Crippen LogP contribution in [-0.4, -0.2) is 29.4 Å². The van der Waals surface area contributed by atoms with Gasteiger partial charge in [-0.05, 0) is 30.5 Å². The third-order valence-electron chi connectivity index (χ3n) is 4.91. The second kappa shape index (κ2) is 6.42. The van der Waals surface area contributed by atoms with Gasteiger partial charge in [0, 0.05) is 31.7 Å². The summed E-state index contributed by atoms with van der Waals surface area (Å²) in [6.45, 7) is 2.12. The highest BCUT2D eigenvalue weighted by Gasteiger charge is 2.43. The second-order valence-corrected chi connectivity index (χ2v) is 6.82. The Balaban J connectivity index is 1.30. The van der Waals surface area contributed by atoms with Gasteiger partial charge < -0.3 is 9.47 Å². The zero-order chi connectivity index (χ0) is 15.6. The predicted molar refractivity (Wildman–Crippen MR) is 89.4 cm³/mol. The third-order valence-corrected chi connectivity index (χ3v) is 4.91. The lowest BCUT2D eigenvalue weighted by atomic mass is 10.0. The number of hydrogen-bond donors (Lipinski definition) is 0. The van der Waals surface area contributed by atoms with E-state index >= 15 is 0 Å². The maximum Gasteiger partial charge on any atom is 0.0866 e. The topological polar surface area (TPSA) is 31.4 Å². The van der Waals surface area contributed by atoms with Gasteiger partial charge in [-0.15, -0.1) is 0 Å². The molecule has 2 aromatic rings. The highest BCUT2D eigenvalue weighted by Crippen LogP contribution is 2.36. The van der Waals surface area contributed by atoms with Crippen LogP contribution in [0.15, 0.2) is 48.8 Å². The first-order chi connectivity index (χ1) is 11.3. The Morgan fingerprint density at radius 1 is 0.913 bits per heavy atom. The molecule has 0 aliphatic carbocycles. The Morgan fingerprint density at radius 3 is 2.17 bits per heavy atom. The maximum absolute atomic E-state index is 6.25. The van der Waals surface area contributed by atoms with E-state index in [9.17, 15) is 0 Å². The second-order valence-electron chi connectivity index (χ2n) is 6.82. The Morgan fingerprint density at radius 2 is 1.57 bits per heavy atom. The van der Waals surface area contributed by atoms with Crippen LogP contribution in [-0.2, 0) is 22.3 Å². The average Bonchev–Trinajstić information content (AvgIpc) is 3.08. The van der Waals surface area contributed by atoms with E-state index in [-0.39, 0.29) is 18.3 Å². The molecule has 4 atom stereocenters. The van der Waals surface area contributed by atoms with E-state index in [1.54, 1.807) is 0 Å². The number of aryl methyl sites for hydroxylation is 1. The minimum absolute atomic E-state index is 0.270. The van der Waals surface area contributed by atoms with Crippen molar-refractivity contribution in [3.8, 4) is 0 Å². The molecule has 4 rings (SSSR count). The Bertz CT molecular complexity index is 626. The van der Waals surface area contributed by atoms with Crippen LogP contribution < -0.4 is 0 Å². The predicted octanol–water partition coefficient (Wildman–Crippen LogP) is 3.49. The fourth-order valence-electron chi connectivity index (χ4n) is 3.75. The number of fused-ring (bicyclic) bond motifs is 1. The van der Waals surface area contributed by atoms with Crippen molar-refractivity contribution in [1.82, 2.24) is 4.98 Å². The fraction of sp³-hybridized carbons (Fsp3) is 0.450. The Labute approximate surface area is 137 Å². The van der Waals surface area contributed by atoms with Crippen LogP contribution in [0, 0.1) is 6.92 Å². The van der Waals surface area contributed by atoms with Gasteiger partial charge in [-0.25, -0.2) is 0 Å². The van der Waals surface area contributed by atoms with Crippen LogP contribution in [0.5, 0.6) is 0 Å². The van der Waals surface area contributed by atoms with Crippen molar-refractivity contribution in [2.45, 2.75) is 57.0 Å². The van der Waals surface area contributed by atoms with E-state index in [2.05, 4.69) is 42.2 Å². The molecule has 2 aliphatic heterocycles. The van der Waals surface area contributed by atoms with Crippen LogP contribution in [0.3, 0.4) is 0 Å². The molecular formula is C20H23NO2. The molecule has 0 radical (unpaired) electrons. The third kappa shape index (κ3) is 3.46. The molecule has 3 nitrogen and oxygen atoms in total. The summed E-state index contributed by atoms with van der Waals surface area (Å²) in [7, 11) is 0. The number of rotatable bonds is 4. The van der Waals surface area contributed by atoms with Gasteiger partial charge in [0.25, 0.3) is 0 Å². The summed E-state index contributed by atoms with van der Waals surface area (Å²) in [6, 6.07) is 12.9. The summed E-state index contributed by atoms with van der Waals surface area (Å²) in [5, 5.41) is 0. The average molecular weight is 309 g/mol. The van der Waals surface area contributed by atoms with Crippen LogP contribution >= 0.6 is 0 Å². The number of ether oxygens (including phenoxy) is 2. The van der Waals surface area contributed by atoms with Crippen molar-refractivity contribution in [3.63, 3.8) is 0 Å². The van der Waals surface area contributed by atoms with E-state index in [1.165, 1.54) is 16.7 Å². The first kappa shape index (κ1) is 14.9. The summed E-state index contributed by atoms with van der Waals surface area (Å²) < 4.78 is 12.5. The van der Waals surface area contributed by atoms with E-state index < -0.39 is 0 Å². The van der Waals surface area contributed by atoms with Gasteiger partial charge in [0.1, 0.15) is 0 Å². The van der Waals surface area contributed by atoms with Gasteiger partial charge in [0.2, 0.25) is 0 Å². The first-order valence-electron chi connectivity index (χ1n) is 8.51. The summed E-state index contributed by atoms with van der Waals surface area (Å²) in [4.78, 5) is 4.18. The molecule has 0 saturated carbocycles. The lowest BCUT2D eigenvalue weighted by Crippen LogP contribution is -2.17. The molecule has 0 unspecified atom stereocenters. The van der Waals surface area contributed by atoms with Gasteiger partial charge in [-0.2, -0.15) is 0 Å². The molecule has 2 saturated heterocycles. The van der Waals surface area contributed by atoms with Crippen molar-refractivity contribution in [2.24, 2.45) is 0 Å². The van der Waals surface area contributed by atoms with Gasteiger partial charge in [0.05, 0.1) is 24.4 Å². The molecule has 0 spiro atoms. The molecule has 0 amide bonds. The number of nitrogens with zero attached hydrogens (tertiary/aromatic N) is 1. The van der Waals surface area contributed by atoms with Crippen molar-refractivity contribution in [2.75, 3.05) is 0 Å². The maximum atomic E-state index is 6.25. The fourth-order valence-corrected chi connectivity index (χ4v) is 3.75. The standard InChI is InChI=1S/C20H23NO2/c1-14-4-6-15(7-5-14)9-17-11-19-20(22-17)12-18(23-19)10-16-3-2-8-21-13-16/h2-8,13,17-20H,9-12H2,1H3/t17-,18-,19-,20-/m1/s1. The molecule has 3 heteroatoms. The Hall–Kier alpha value is -1.71. The zero-order valence-electron chi connectivity index (χ0n) is 13.5. The highest BCUT2D eigenvalue weighted by molar-refractivity contribution is 5.22. The molecule has 3 heterocycles. The SMILES string of the molecule is Cc1ccc(C[C@@H]2C[C@H]3O[C@H](Cc4cccnc4)C[C@H]3O2)cc1. The van der Waals surface area contributed by atoms with Crippen molar-refractivity contribution < 1.29 is 9.47 Å². The van der Waals surface area contributed by atoms with Gasteiger partial charge in [0.15, 0.2) is 0 Å². The molecule has 1 aromatic carbocycles. The minimum Gasteiger partial charge on any atom is -0.372 e. The summed E-state index contributed by atoms with van der Waals surface area (Å²) in [6.07, 6.45) is 8.80. The highest BCUT2D eigenvalue weighted by atomic mass is 16.6. The van der Waals surface area contributed by atoms with Crippen molar-refractivity contribution in [3.05, 3.63) is 65.5 Å². The number of benzene rings is 1. The normalized spacial score (nSPS) is 29.6. The van der Waals surface area contributed by atoms with E-state index in [1.807, 2.05) is 18.5 Å². The van der Waals surface area contributed by atoms with Gasteiger partial charge in [-0.3, -0.25) is 4.98 Å². The molecule has 1 aromatic heterocycles. The van der Waals surface area contributed by atoms with Gasteiger partial charge in [-0.1, -0.05) is 35.9 Å². The smallest absolute Gasteiger partial charge is 0.0866 e. The lowest BCUT2D eigenvalue weighted by Gasteiger charge is -2.15. The van der Waals surface area contributed by atoms with Crippen molar-refractivity contribution >= 4 is 0 Å². The molecule has 0 N–H and O–H groups in total. The zero-order valence-corrected chi connectivity index (χ0v) is 13.5. The van der Waals surface area contributed by atoms with Crippen LogP contribution in [0.1, 0.15) is 29.5 Å². The quantitative estimate of drug-likeness (QED) is 0.866. The number of hydrogen-bond acceptors (Lipinski definition) is 3. The number of pyridine rings is 1. The largest absolute Gasteiger partial charge is 0.372 e. The van der Waals surface area contributed by atoms with Gasteiger partial charge >= 0.3 is 0 Å². The monoisotopic (exact) mass is 309 g/mol. The van der Waals surface area contributed by atoms with E-state index in [0.717, 1.165) is 25.7 Å². The molecule has 23 heavy (non-hydrogen) atoms. The molecular weight excluding hydrogens is 286 g/mol. The summed E-state index contributed by atoms with van der Waals surface area (Å²) in [5.74, 6) is 0. The van der Waals surface area contributed by atoms with Crippen LogP contribution in [0.25, 0.3) is 0 Å². The summed E-state index contributed by atoms with van der Waals surface area (Å²) >= 11 is 0. The number of aromatic nitrogens is 1. The Kier molecular flexibility index (Phi) is 4.15. The molecule has 0 bridgehead atoms. The lowest BCUT2D eigenvalue weighted by molar-refractivity contribution is 0.0340. The van der Waals surface area contributed by atoms with Crippen LogP contribution in [0.2, 0.25) is 0 Å². The first-order valence-corrected chi connectivity index (χ1v) is 8.51. The van der Waals surface area contributed by atoms with E-state index in [0.29, 0.717) is 6.10 Å². The molecule has 2 fully saturated rings. The molecule has 2 aliphatic rings. The van der Waals surface area contributed by atoms with Crippen LogP contribution in [0.4, 0.5) is 0 Å². The van der Waals surface area contributed by atoms with E-state index in [4.69, 9.17) is 9.47 Å². The minimum atomic E-state index is 0.270.